The van der Waals surface area contributed by atoms with Gasteiger partial charge in [0.25, 0.3) is 0 Å². The van der Waals surface area contributed by atoms with E-state index in [0.29, 0.717) is 18.9 Å². The van der Waals surface area contributed by atoms with Crippen molar-refractivity contribution in [1.29, 1.82) is 0 Å². The minimum Gasteiger partial charge on any atom is -0.349 e. The van der Waals surface area contributed by atoms with E-state index < -0.39 is 0 Å². The fourth-order valence-corrected chi connectivity index (χ4v) is 5.52. The summed E-state index contributed by atoms with van der Waals surface area (Å²) in [6.07, 6.45) is 15.7. The van der Waals surface area contributed by atoms with Crippen LogP contribution in [0.3, 0.4) is 0 Å². The fourth-order valence-electron chi connectivity index (χ4n) is 5.52. The molecule has 2 aromatic heterocycles. The number of rotatable bonds is 14. The highest BCUT2D eigenvalue weighted by Crippen LogP contribution is 2.24. The molecule has 0 unspecified atom stereocenters. The van der Waals surface area contributed by atoms with E-state index in [-0.39, 0.29) is 11.7 Å². The average Bonchev–Trinajstić information content (AvgIpc) is 3.62. The van der Waals surface area contributed by atoms with E-state index in [1.165, 1.54) is 57.2 Å². The Balaban J connectivity index is 1.29. The van der Waals surface area contributed by atoms with Crippen molar-refractivity contribution >= 4 is 5.78 Å². The van der Waals surface area contributed by atoms with Gasteiger partial charge < -0.3 is 20.2 Å². The Morgan fingerprint density at radius 3 is 2.03 bits per heavy atom. The quantitative estimate of drug-likeness (QED) is 0.279. The molecule has 0 spiro atoms. The molecular formula is C29H42N6O. The molecule has 7 heteroatoms. The molecule has 3 aromatic rings. The summed E-state index contributed by atoms with van der Waals surface area (Å²) in [7, 11) is 0. The van der Waals surface area contributed by atoms with Gasteiger partial charge in [-0.1, -0.05) is 38.1 Å². The molecule has 2 heterocycles. The van der Waals surface area contributed by atoms with Crippen molar-refractivity contribution in [3.05, 3.63) is 71.8 Å². The third-order valence-corrected chi connectivity index (χ3v) is 7.43. The van der Waals surface area contributed by atoms with Crippen LogP contribution in [0.5, 0.6) is 0 Å². The molecule has 0 radical (unpaired) electrons. The Labute approximate surface area is 215 Å². The van der Waals surface area contributed by atoms with Crippen LogP contribution in [-0.2, 0) is 19.4 Å². The van der Waals surface area contributed by atoms with E-state index >= 15 is 0 Å². The van der Waals surface area contributed by atoms with Crippen molar-refractivity contribution < 1.29 is 4.79 Å². The number of carbonyl (C=O) groups excluding carboxylic acids is 1. The lowest BCUT2D eigenvalue weighted by molar-refractivity contribution is 0.0915. The van der Waals surface area contributed by atoms with Crippen molar-refractivity contribution in [3.63, 3.8) is 0 Å². The summed E-state index contributed by atoms with van der Waals surface area (Å²) < 4.78 is 0. The zero-order valence-corrected chi connectivity index (χ0v) is 21.9. The Bertz CT molecular complexity index is 964. The number of H-pyrrole nitrogens is 2. The van der Waals surface area contributed by atoms with Crippen LogP contribution >= 0.6 is 0 Å². The first-order chi connectivity index (χ1) is 17.7. The summed E-state index contributed by atoms with van der Waals surface area (Å²) in [4.78, 5) is 31.0. The van der Waals surface area contributed by atoms with Gasteiger partial charge in [0.15, 0.2) is 5.78 Å². The zero-order chi connectivity index (χ0) is 25.2. The van der Waals surface area contributed by atoms with Crippen LogP contribution < -0.4 is 5.32 Å². The van der Waals surface area contributed by atoms with Crippen molar-refractivity contribution in [2.75, 3.05) is 13.1 Å². The summed E-state index contributed by atoms with van der Waals surface area (Å²) in [6, 6.07) is 9.46. The van der Waals surface area contributed by atoms with Crippen LogP contribution in [0.1, 0.15) is 79.9 Å². The number of nitrogens with zero attached hydrogens (tertiary/aromatic N) is 3. The van der Waals surface area contributed by atoms with Crippen LogP contribution in [0.25, 0.3) is 0 Å². The van der Waals surface area contributed by atoms with E-state index in [0.717, 1.165) is 29.8 Å². The summed E-state index contributed by atoms with van der Waals surface area (Å²) >= 11 is 0. The molecule has 1 aliphatic rings. The van der Waals surface area contributed by atoms with E-state index in [1.54, 1.807) is 24.8 Å². The molecular weight excluding hydrogens is 448 g/mol. The fraction of sp³-hybridized carbons (Fsp3) is 0.552. The van der Waals surface area contributed by atoms with Crippen LogP contribution in [-0.4, -0.2) is 55.8 Å². The number of Topliss-reactive ketones (excluding diaryl/α,β-unsaturated/α-hetero) is 1. The molecule has 1 fully saturated rings. The number of aromatic nitrogens is 4. The van der Waals surface area contributed by atoms with Crippen molar-refractivity contribution in [2.45, 2.75) is 83.8 Å². The predicted octanol–water partition coefficient (Wildman–Crippen LogP) is 4.94. The lowest BCUT2D eigenvalue weighted by Crippen LogP contribution is -2.43. The van der Waals surface area contributed by atoms with Gasteiger partial charge in [0, 0.05) is 67.7 Å². The number of carbonyl (C=O) groups is 1. The minimum atomic E-state index is -0.221. The molecule has 0 bridgehead atoms. The van der Waals surface area contributed by atoms with Crippen LogP contribution in [0.2, 0.25) is 0 Å². The van der Waals surface area contributed by atoms with E-state index in [1.807, 2.05) is 12.1 Å². The first-order valence-electron chi connectivity index (χ1n) is 13.7. The van der Waals surface area contributed by atoms with Gasteiger partial charge in [0.1, 0.15) is 11.6 Å². The van der Waals surface area contributed by atoms with Gasteiger partial charge in [0.05, 0.1) is 0 Å². The zero-order valence-electron chi connectivity index (χ0n) is 21.9. The number of aromatic amines is 2. The number of imidazole rings is 2. The lowest BCUT2D eigenvalue weighted by Gasteiger charge is -2.37. The summed E-state index contributed by atoms with van der Waals surface area (Å²) in [5.41, 5.74) is 1.97. The third-order valence-electron chi connectivity index (χ3n) is 7.43. The second-order valence-electron chi connectivity index (χ2n) is 10.2. The Morgan fingerprint density at radius 1 is 0.944 bits per heavy atom. The number of benzene rings is 1. The SMILES string of the molecule is CCCN(CCC)C1CCC(NCc2ccc(C(=O)C(Cc3ncc[nH]3)Cc3ncc[nH]3)cc2)CC1. The second kappa shape index (κ2) is 13.5. The standard InChI is InChI=1S/C29H42N6O/c1-3-17-35(18-4-2)26-11-9-25(10-12-26)34-21-22-5-7-23(8-6-22)29(36)24(19-27-30-13-14-31-27)20-28-32-15-16-33-28/h5-8,13-16,24-26,34H,3-4,9-12,17-21H2,1-2H3,(H,30,31)(H,32,33). The highest BCUT2D eigenvalue weighted by Gasteiger charge is 2.25. The first kappa shape index (κ1) is 26.3. The first-order valence-corrected chi connectivity index (χ1v) is 13.7. The largest absolute Gasteiger partial charge is 0.349 e. The van der Waals surface area contributed by atoms with Crippen molar-refractivity contribution in [1.82, 2.24) is 30.2 Å². The molecule has 4 rings (SSSR count). The third kappa shape index (κ3) is 7.37. The topological polar surface area (TPSA) is 89.7 Å². The molecule has 7 nitrogen and oxygen atoms in total. The Morgan fingerprint density at radius 2 is 1.53 bits per heavy atom. The van der Waals surface area contributed by atoms with Crippen LogP contribution in [0, 0.1) is 5.92 Å². The van der Waals surface area contributed by atoms with Gasteiger partial charge in [-0.05, 0) is 57.2 Å². The molecule has 194 valence electrons. The van der Waals surface area contributed by atoms with Crippen molar-refractivity contribution in [3.8, 4) is 0 Å². The molecule has 0 amide bonds. The number of ketones is 1. The van der Waals surface area contributed by atoms with E-state index in [2.05, 4.69) is 56.1 Å². The maximum Gasteiger partial charge on any atom is 0.166 e. The molecule has 3 N–H and O–H groups in total. The lowest BCUT2D eigenvalue weighted by atomic mass is 9.89. The summed E-state index contributed by atoms with van der Waals surface area (Å²) in [5, 5.41) is 3.76. The van der Waals surface area contributed by atoms with Gasteiger partial charge in [-0.3, -0.25) is 4.79 Å². The predicted molar refractivity (Wildman–Crippen MR) is 144 cm³/mol. The maximum atomic E-state index is 13.4. The Kier molecular flexibility index (Phi) is 9.87. The van der Waals surface area contributed by atoms with Crippen LogP contribution in [0.15, 0.2) is 49.1 Å². The van der Waals surface area contributed by atoms with Gasteiger partial charge >= 0.3 is 0 Å². The second-order valence-corrected chi connectivity index (χ2v) is 10.2. The highest BCUT2D eigenvalue weighted by molar-refractivity contribution is 5.98. The van der Waals surface area contributed by atoms with Gasteiger partial charge in [-0.2, -0.15) is 0 Å². The Hall–Kier alpha value is -2.77. The smallest absolute Gasteiger partial charge is 0.166 e. The molecule has 1 saturated carbocycles. The number of hydrogen-bond acceptors (Lipinski definition) is 5. The molecule has 1 aromatic carbocycles. The van der Waals surface area contributed by atoms with Gasteiger partial charge in [0.2, 0.25) is 0 Å². The maximum absolute atomic E-state index is 13.4. The number of nitrogens with one attached hydrogen (secondary N) is 3. The van der Waals surface area contributed by atoms with E-state index in [4.69, 9.17) is 0 Å². The average molecular weight is 491 g/mol. The molecule has 0 atom stereocenters. The summed E-state index contributed by atoms with van der Waals surface area (Å²) in [5.74, 6) is 1.55. The highest BCUT2D eigenvalue weighted by atomic mass is 16.1. The molecule has 1 aliphatic carbocycles. The molecule has 0 aliphatic heterocycles. The monoisotopic (exact) mass is 490 g/mol. The van der Waals surface area contributed by atoms with Crippen molar-refractivity contribution in [2.24, 2.45) is 5.92 Å². The molecule has 0 saturated heterocycles. The van der Waals surface area contributed by atoms with Crippen LogP contribution in [0.4, 0.5) is 0 Å². The number of hydrogen-bond donors (Lipinski definition) is 3. The summed E-state index contributed by atoms with van der Waals surface area (Å²) in [6.45, 7) is 7.87. The minimum absolute atomic E-state index is 0.129. The normalized spacial score (nSPS) is 18.2. The van der Waals surface area contributed by atoms with E-state index in [9.17, 15) is 4.79 Å². The van der Waals surface area contributed by atoms with Gasteiger partial charge in [-0.25, -0.2) is 9.97 Å². The van der Waals surface area contributed by atoms with Gasteiger partial charge in [-0.15, -0.1) is 0 Å². The molecule has 36 heavy (non-hydrogen) atoms.